The van der Waals surface area contributed by atoms with Gasteiger partial charge in [0.1, 0.15) is 12.4 Å². The molecule has 2 nitrogen and oxygen atoms in total. The van der Waals surface area contributed by atoms with Gasteiger partial charge in [-0.3, -0.25) is 0 Å². The van der Waals surface area contributed by atoms with Gasteiger partial charge < -0.3 is 10.5 Å². The predicted molar refractivity (Wildman–Crippen MR) is 90.9 cm³/mol. The Hall–Kier alpha value is -2.42. The van der Waals surface area contributed by atoms with Crippen LogP contribution < -0.4 is 10.5 Å². The topological polar surface area (TPSA) is 35.2 Å². The number of allylic oxidation sites excluding steroid dienone is 4. The minimum absolute atomic E-state index is 0.514. The summed E-state index contributed by atoms with van der Waals surface area (Å²) in [5.41, 5.74) is 7.34. The molecule has 0 aliphatic carbocycles. The van der Waals surface area contributed by atoms with E-state index in [-0.39, 0.29) is 0 Å². The lowest BCUT2D eigenvalue weighted by atomic mass is 10.2. The maximum atomic E-state index is 5.46. The zero-order chi connectivity index (χ0) is 15.9. The minimum Gasteiger partial charge on any atom is -0.492 e. The molecule has 21 heavy (non-hydrogen) atoms. The molecule has 0 bridgehead atoms. The van der Waals surface area contributed by atoms with Gasteiger partial charge in [-0.15, -0.1) is 12.3 Å². The van der Waals surface area contributed by atoms with Crippen LogP contribution in [0.1, 0.15) is 26.3 Å². The molecule has 0 amide bonds. The summed E-state index contributed by atoms with van der Waals surface area (Å²) >= 11 is 0. The summed E-state index contributed by atoms with van der Waals surface area (Å²) in [6.07, 6.45) is 10.5. The molecule has 0 fully saturated rings. The Morgan fingerprint density at radius 3 is 2.67 bits per heavy atom. The molecule has 0 radical (unpaired) electrons. The Morgan fingerprint density at radius 2 is 2.10 bits per heavy atom. The van der Waals surface area contributed by atoms with Gasteiger partial charge in [-0.1, -0.05) is 36.1 Å². The molecule has 0 atom stereocenters. The number of hydrogen-bond acceptors (Lipinski definition) is 2. The molecule has 0 aliphatic rings. The van der Waals surface area contributed by atoms with Crippen molar-refractivity contribution in [2.45, 2.75) is 20.8 Å². The molecule has 0 spiro atoms. The molecule has 1 aromatic carbocycles. The fourth-order valence-electron chi connectivity index (χ4n) is 1.37. The molecule has 110 valence electrons. The van der Waals surface area contributed by atoms with Gasteiger partial charge in [0.15, 0.2) is 0 Å². The maximum absolute atomic E-state index is 5.46. The van der Waals surface area contributed by atoms with E-state index in [0.29, 0.717) is 13.2 Å². The normalized spacial score (nSPS) is 9.95. The van der Waals surface area contributed by atoms with Crippen molar-refractivity contribution in [3.63, 3.8) is 0 Å². The van der Waals surface area contributed by atoms with Gasteiger partial charge in [-0.25, -0.2) is 0 Å². The molecule has 2 N–H and O–H groups in total. The van der Waals surface area contributed by atoms with Gasteiger partial charge in [0.25, 0.3) is 0 Å². The fourth-order valence-corrected chi connectivity index (χ4v) is 1.37. The van der Waals surface area contributed by atoms with Crippen LogP contribution in [0, 0.1) is 24.2 Å². The molecule has 0 aromatic heterocycles. The summed E-state index contributed by atoms with van der Waals surface area (Å²) in [7, 11) is 0. The van der Waals surface area contributed by atoms with E-state index in [1.807, 2.05) is 56.3 Å². The fraction of sp³-hybridized carbons (Fsp3) is 0.263. The number of rotatable bonds is 4. The van der Waals surface area contributed by atoms with E-state index in [4.69, 9.17) is 10.5 Å². The van der Waals surface area contributed by atoms with Crippen molar-refractivity contribution in [3.8, 4) is 29.9 Å². The zero-order valence-corrected chi connectivity index (χ0v) is 13.0. The van der Waals surface area contributed by atoms with Gasteiger partial charge in [-0.05, 0) is 39.0 Å². The van der Waals surface area contributed by atoms with Crippen molar-refractivity contribution in [1.29, 1.82) is 0 Å². The SMILES string of the molecule is C#CC.C/C=C\C(C#Cc1cccc(OCCN)c1)=C/C. The number of benzene rings is 1. The monoisotopic (exact) mass is 281 g/mol. The van der Waals surface area contributed by atoms with Gasteiger partial charge in [0.05, 0.1) is 0 Å². The molecule has 0 heterocycles. The van der Waals surface area contributed by atoms with Gasteiger partial charge >= 0.3 is 0 Å². The van der Waals surface area contributed by atoms with Crippen molar-refractivity contribution in [2.75, 3.05) is 13.2 Å². The smallest absolute Gasteiger partial charge is 0.120 e. The molecule has 1 aromatic rings. The van der Waals surface area contributed by atoms with Crippen molar-refractivity contribution in [3.05, 3.63) is 53.6 Å². The van der Waals surface area contributed by atoms with Crippen molar-refractivity contribution < 1.29 is 4.74 Å². The van der Waals surface area contributed by atoms with Crippen LogP contribution in [0.2, 0.25) is 0 Å². The molecule has 0 saturated heterocycles. The zero-order valence-electron chi connectivity index (χ0n) is 13.0. The highest BCUT2D eigenvalue weighted by molar-refractivity contribution is 5.46. The van der Waals surface area contributed by atoms with E-state index in [1.165, 1.54) is 0 Å². The van der Waals surface area contributed by atoms with Gasteiger partial charge in [-0.2, -0.15) is 0 Å². The number of nitrogens with two attached hydrogens (primary N) is 1. The van der Waals surface area contributed by atoms with Crippen LogP contribution in [0.4, 0.5) is 0 Å². The molecule has 2 heteroatoms. The molecular formula is C19H23NO. The van der Waals surface area contributed by atoms with E-state index in [0.717, 1.165) is 16.9 Å². The van der Waals surface area contributed by atoms with Crippen molar-refractivity contribution in [1.82, 2.24) is 0 Å². The highest BCUT2D eigenvalue weighted by Crippen LogP contribution is 2.12. The van der Waals surface area contributed by atoms with E-state index < -0.39 is 0 Å². The highest BCUT2D eigenvalue weighted by atomic mass is 16.5. The van der Waals surface area contributed by atoms with Crippen LogP contribution in [0.3, 0.4) is 0 Å². The van der Waals surface area contributed by atoms with E-state index >= 15 is 0 Å². The van der Waals surface area contributed by atoms with Gasteiger partial charge in [0, 0.05) is 17.7 Å². The van der Waals surface area contributed by atoms with E-state index in [2.05, 4.69) is 24.2 Å². The lowest BCUT2D eigenvalue weighted by molar-refractivity contribution is 0.328. The summed E-state index contributed by atoms with van der Waals surface area (Å²) in [5.74, 6) is 9.29. The second-order valence-electron chi connectivity index (χ2n) is 3.95. The average molecular weight is 281 g/mol. The molecule has 1 rings (SSSR count). The Labute approximate surface area is 128 Å². The second-order valence-corrected chi connectivity index (χ2v) is 3.95. The standard InChI is InChI=1S/C16H19NO.C3H4/c1-3-6-14(4-2)9-10-15-7-5-8-16(13-15)18-12-11-17;1-3-2/h3-8,13H,11-12,17H2,1-2H3;1H,2H3/b6-3-,14-4+;. The van der Waals surface area contributed by atoms with Crippen LogP contribution >= 0.6 is 0 Å². The second kappa shape index (κ2) is 12.6. The summed E-state index contributed by atoms with van der Waals surface area (Å²) in [5, 5.41) is 0. The van der Waals surface area contributed by atoms with E-state index in [9.17, 15) is 0 Å². The first-order chi connectivity index (χ1) is 10.2. The quantitative estimate of drug-likeness (QED) is 0.677. The maximum Gasteiger partial charge on any atom is 0.120 e. The van der Waals surface area contributed by atoms with Gasteiger partial charge in [0.2, 0.25) is 0 Å². The number of ether oxygens (including phenoxy) is 1. The Bertz CT molecular complexity index is 565. The Balaban J connectivity index is 0.00000122. The van der Waals surface area contributed by atoms with Crippen LogP contribution in [-0.2, 0) is 0 Å². The lowest BCUT2D eigenvalue weighted by Crippen LogP contribution is -2.10. The molecule has 0 aliphatic heterocycles. The first-order valence-corrected chi connectivity index (χ1v) is 6.83. The first-order valence-electron chi connectivity index (χ1n) is 6.83. The largest absolute Gasteiger partial charge is 0.492 e. The first kappa shape index (κ1) is 18.6. The van der Waals surface area contributed by atoms with Crippen molar-refractivity contribution >= 4 is 0 Å². The van der Waals surface area contributed by atoms with E-state index in [1.54, 1.807) is 6.92 Å². The molecular weight excluding hydrogens is 258 g/mol. The predicted octanol–water partition coefficient (Wildman–Crippen LogP) is 3.54. The Morgan fingerprint density at radius 1 is 1.38 bits per heavy atom. The third-order valence-corrected chi connectivity index (χ3v) is 2.23. The lowest BCUT2D eigenvalue weighted by Gasteiger charge is -2.03. The van der Waals surface area contributed by atoms with Crippen LogP contribution in [0.25, 0.3) is 0 Å². The van der Waals surface area contributed by atoms with Crippen LogP contribution in [0.5, 0.6) is 5.75 Å². The summed E-state index contributed by atoms with van der Waals surface area (Å²) < 4.78 is 5.46. The third kappa shape index (κ3) is 9.16. The molecule has 0 saturated carbocycles. The van der Waals surface area contributed by atoms with Crippen LogP contribution in [-0.4, -0.2) is 13.2 Å². The number of hydrogen-bond donors (Lipinski definition) is 1. The minimum atomic E-state index is 0.514. The third-order valence-electron chi connectivity index (χ3n) is 2.23. The summed E-state index contributed by atoms with van der Waals surface area (Å²) in [6, 6.07) is 7.72. The number of terminal acetylenes is 1. The van der Waals surface area contributed by atoms with Crippen molar-refractivity contribution in [2.24, 2.45) is 5.73 Å². The highest BCUT2D eigenvalue weighted by Gasteiger charge is 1.93. The summed E-state index contributed by atoms with van der Waals surface area (Å²) in [4.78, 5) is 0. The average Bonchev–Trinajstić information content (AvgIpc) is 2.50. The Kier molecular flexibility index (Phi) is 11.2. The summed E-state index contributed by atoms with van der Waals surface area (Å²) in [6.45, 7) is 6.65. The molecule has 0 unspecified atom stereocenters. The van der Waals surface area contributed by atoms with Crippen LogP contribution in [0.15, 0.2) is 48.1 Å².